The highest BCUT2D eigenvalue weighted by Gasteiger charge is 2.31. The molecule has 2 amide bonds. The van der Waals surface area contributed by atoms with E-state index < -0.39 is 11.8 Å². The molecule has 0 radical (unpaired) electrons. The number of nitrogens with one attached hydrogen (secondary N) is 1. The van der Waals surface area contributed by atoms with Gasteiger partial charge in [0.15, 0.2) is 0 Å². The Balaban J connectivity index is 1.52. The van der Waals surface area contributed by atoms with Gasteiger partial charge in [-0.25, -0.2) is 4.68 Å². The maximum Gasteiger partial charge on any atom is 0.312 e. The summed E-state index contributed by atoms with van der Waals surface area (Å²) >= 11 is 0. The van der Waals surface area contributed by atoms with Gasteiger partial charge in [0.1, 0.15) is 0 Å². The van der Waals surface area contributed by atoms with Crippen molar-refractivity contribution in [2.45, 2.75) is 45.2 Å². The van der Waals surface area contributed by atoms with Crippen LogP contribution in [0, 0.1) is 0 Å². The zero-order valence-electron chi connectivity index (χ0n) is 13.4. The Morgan fingerprint density at radius 3 is 2.61 bits per heavy atom. The van der Waals surface area contributed by atoms with E-state index in [2.05, 4.69) is 32.7 Å². The summed E-state index contributed by atoms with van der Waals surface area (Å²) in [7, 11) is 0. The van der Waals surface area contributed by atoms with Gasteiger partial charge in [-0.3, -0.25) is 9.59 Å². The molecule has 2 fully saturated rings. The fourth-order valence-electron chi connectivity index (χ4n) is 2.61. The van der Waals surface area contributed by atoms with Gasteiger partial charge in [-0.1, -0.05) is 18.4 Å². The first-order chi connectivity index (χ1) is 11.2. The quantitative estimate of drug-likeness (QED) is 0.728. The number of rotatable bonds is 5. The van der Waals surface area contributed by atoms with E-state index >= 15 is 0 Å². The molecule has 1 N–H and O–H groups in total. The van der Waals surface area contributed by atoms with Crippen LogP contribution in [-0.4, -0.2) is 69.1 Å². The van der Waals surface area contributed by atoms with Gasteiger partial charge in [-0.2, -0.15) is 0 Å². The third-order valence-electron chi connectivity index (χ3n) is 4.19. The molecule has 2 heterocycles. The van der Waals surface area contributed by atoms with E-state index in [0.29, 0.717) is 26.2 Å². The van der Waals surface area contributed by atoms with Gasteiger partial charge in [0.05, 0.1) is 0 Å². The first-order valence-electron chi connectivity index (χ1n) is 8.30. The highest BCUT2D eigenvalue weighted by Crippen LogP contribution is 2.19. The lowest BCUT2D eigenvalue weighted by atomic mass is 10.3. The summed E-state index contributed by atoms with van der Waals surface area (Å²) in [6, 6.07) is 0.205. The van der Waals surface area contributed by atoms with Gasteiger partial charge >= 0.3 is 11.8 Å². The number of tetrazole rings is 1. The number of carbonyl (C=O) groups excluding carboxylic acids is 2. The molecular weight excluding hydrogens is 298 g/mol. The van der Waals surface area contributed by atoms with Crippen molar-refractivity contribution in [1.29, 1.82) is 0 Å². The molecular formula is C14H23N7O2. The third-order valence-corrected chi connectivity index (χ3v) is 4.19. The molecule has 1 aromatic rings. The van der Waals surface area contributed by atoms with Crippen LogP contribution in [0.3, 0.4) is 0 Å². The minimum absolute atomic E-state index is 0.205. The second kappa shape index (κ2) is 6.93. The molecule has 3 rings (SSSR count). The van der Waals surface area contributed by atoms with Crippen LogP contribution in [-0.2, 0) is 16.1 Å². The number of amides is 2. The van der Waals surface area contributed by atoms with E-state index in [9.17, 15) is 9.59 Å². The Bertz CT molecular complexity index is 561. The van der Waals surface area contributed by atoms with Gasteiger partial charge < -0.3 is 15.1 Å². The zero-order valence-corrected chi connectivity index (χ0v) is 13.4. The standard InChI is InChI=1S/C14H23N7O2/c1-2-3-6-21-14(16-17-18-21)20-9-7-19(8-10-20)13(23)12(22)15-11-4-5-11/h11H,2-10H2,1H3,(H,15,22). The molecule has 1 aliphatic heterocycles. The van der Waals surface area contributed by atoms with Crippen molar-refractivity contribution in [3.8, 4) is 0 Å². The predicted molar refractivity (Wildman–Crippen MR) is 82.7 cm³/mol. The molecule has 126 valence electrons. The van der Waals surface area contributed by atoms with Crippen molar-refractivity contribution < 1.29 is 9.59 Å². The molecule has 1 saturated heterocycles. The fraction of sp³-hybridized carbons (Fsp3) is 0.786. The summed E-state index contributed by atoms with van der Waals surface area (Å²) in [4.78, 5) is 27.6. The highest BCUT2D eigenvalue weighted by atomic mass is 16.2. The number of unbranched alkanes of at least 4 members (excludes halogenated alkanes) is 1. The highest BCUT2D eigenvalue weighted by molar-refractivity contribution is 6.35. The van der Waals surface area contributed by atoms with Crippen molar-refractivity contribution in [3.63, 3.8) is 0 Å². The van der Waals surface area contributed by atoms with Crippen molar-refractivity contribution in [1.82, 2.24) is 30.4 Å². The summed E-state index contributed by atoms with van der Waals surface area (Å²) in [5.41, 5.74) is 0. The van der Waals surface area contributed by atoms with E-state index in [0.717, 1.165) is 38.2 Å². The van der Waals surface area contributed by atoms with Gasteiger partial charge in [0.2, 0.25) is 5.95 Å². The summed E-state index contributed by atoms with van der Waals surface area (Å²) in [6.45, 7) is 5.21. The molecule has 0 bridgehead atoms. The van der Waals surface area contributed by atoms with Crippen LogP contribution in [0.15, 0.2) is 0 Å². The van der Waals surface area contributed by atoms with Crippen molar-refractivity contribution in [2.24, 2.45) is 0 Å². The number of aryl methyl sites for hydroxylation is 1. The van der Waals surface area contributed by atoms with Gasteiger partial charge in [-0.05, 0) is 29.7 Å². The minimum Gasteiger partial charge on any atom is -0.345 e. The number of aromatic nitrogens is 4. The van der Waals surface area contributed by atoms with Gasteiger partial charge in [-0.15, -0.1) is 0 Å². The zero-order chi connectivity index (χ0) is 16.2. The maximum atomic E-state index is 12.1. The smallest absolute Gasteiger partial charge is 0.312 e. The van der Waals surface area contributed by atoms with Crippen LogP contribution in [0.1, 0.15) is 32.6 Å². The van der Waals surface area contributed by atoms with Gasteiger partial charge in [0, 0.05) is 38.8 Å². The van der Waals surface area contributed by atoms with Crippen LogP contribution >= 0.6 is 0 Å². The molecule has 9 nitrogen and oxygen atoms in total. The van der Waals surface area contributed by atoms with E-state index in [1.165, 1.54) is 0 Å². The Kier molecular flexibility index (Phi) is 4.73. The molecule has 2 aliphatic rings. The fourth-order valence-corrected chi connectivity index (χ4v) is 2.61. The average Bonchev–Trinajstić information content (AvgIpc) is 3.26. The number of anilines is 1. The molecule has 0 spiro atoms. The number of piperazine rings is 1. The lowest BCUT2D eigenvalue weighted by Gasteiger charge is -2.34. The molecule has 0 atom stereocenters. The summed E-state index contributed by atoms with van der Waals surface area (Å²) in [5.74, 6) is -0.163. The number of carbonyl (C=O) groups is 2. The van der Waals surface area contributed by atoms with Crippen LogP contribution in [0.5, 0.6) is 0 Å². The monoisotopic (exact) mass is 321 g/mol. The number of hydrogen-bond donors (Lipinski definition) is 1. The van der Waals surface area contributed by atoms with Gasteiger partial charge in [0.25, 0.3) is 0 Å². The number of nitrogens with zero attached hydrogens (tertiary/aromatic N) is 6. The first kappa shape index (κ1) is 15.7. The Morgan fingerprint density at radius 2 is 1.96 bits per heavy atom. The molecule has 1 aromatic heterocycles. The Hall–Kier alpha value is -2.19. The second-order valence-electron chi connectivity index (χ2n) is 6.08. The van der Waals surface area contributed by atoms with E-state index in [-0.39, 0.29) is 6.04 Å². The largest absolute Gasteiger partial charge is 0.345 e. The number of hydrogen-bond acceptors (Lipinski definition) is 6. The molecule has 1 saturated carbocycles. The normalized spacial score (nSPS) is 18.1. The summed E-state index contributed by atoms with van der Waals surface area (Å²) in [5, 5.41) is 14.6. The van der Waals surface area contributed by atoms with Crippen LogP contribution < -0.4 is 10.2 Å². The third kappa shape index (κ3) is 3.77. The van der Waals surface area contributed by atoms with E-state index in [1.54, 1.807) is 9.58 Å². The molecule has 9 heteroatoms. The van der Waals surface area contributed by atoms with Crippen molar-refractivity contribution >= 4 is 17.8 Å². The lowest BCUT2D eigenvalue weighted by molar-refractivity contribution is -0.146. The topological polar surface area (TPSA) is 96.2 Å². The maximum absolute atomic E-state index is 12.1. The SMILES string of the molecule is CCCCn1nnnc1N1CCN(C(=O)C(=O)NC2CC2)CC1. The minimum atomic E-state index is -0.478. The summed E-state index contributed by atoms with van der Waals surface area (Å²) < 4.78 is 1.81. The van der Waals surface area contributed by atoms with Crippen LogP contribution in [0.2, 0.25) is 0 Å². The molecule has 0 unspecified atom stereocenters. The lowest BCUT2D eigenvalue weighted by Crippen LogP contribution is -2.53. The van der Waals surface area contributed by atoms with Crippen molar-refractivity contribution in [2.75, 3.05) is 31.1 Å². The average molecular weight is 321 g/mol. The first-order valence-corrected chi connectivity index (χ1v) is 8.30. The summed E-state index contributed by atoms with van der Waals surface area (Å²) in [6.07, 6.45) is 4.07. The van der Waals surface area contributed by atoms with E-state index in [1.807, 2.05) is 0 Å². The Morgan fingerprint density at radius 1 is 1.22 bits per heavy atom. The molecule has 0 aromatic carbocycles. The van der Waals surface area contributed by atoms with E-state index in [4.69, 9.17) is 0 Å². The molecule has 1 aliphatic carbocycles. The predicted octanol–water partition coefficient (Wildman–Crippen LogP) is -0.600. The van der Waals surface area contributed by atoms with Crippen LogP contribution in [0.25, 0.3) is 0 Å². The van der Waals surface area contributed by atoms with Crippen LogP contribution in [0.4, 0.5) is 5.95 Å². The second-order valence-corrected chi connectivity index (χ2v) is 6.08. The molecule has 23 heavy (non-hydrogen) atoms. The van der Waals surface area contributed by atoms with Crippen molar-refractivity contribution in [3.05, 3.63) is 0 Å². The Labute approximate surface area is 135 Å².